The zero-order valence-corrected chi connectivity index (χ0v) is 11.2. The zero-order valence-electron chi connectivity index (χ0n) is 11.2. The fraction of sp³-hybridized carbons (Fsp3) is 0.500. The summed E-state index contributed by atoms with van der Waals surface area (Å²) >= 11 is 0. The summed E-state index contributed by atoms with van der Waals surface area (Å²) in [5, 5.41) is 8.44. The molecular formula is C14H18N4O. The van der Waals surface area contributed by atoms with E-state index in [9.17, 15) is 4.79 Å². The number of aromatic nitrogens is 3. The molecule has 0 saturated carbocycles. The lowest BCUT2D eigenvalue weighted by molar-refractivity contribution is 0.244. The third-order valence-corrected chi connectivity index (χ3v) is 3.75. The van der Waals surface area contributed by atoms with Crippen LogP contribution in [0.25, 0.3) is 10.9 Å². The Labute approximate surface area is 111 Å². The topological polar surface area (TPSA) is 59.8 Å². The average molecular weight is 258 g/mol. The lowest BCUT2D eigenvalue weighted by Gasteiger charge is -2.33. The molecular weight excluding hydrogens is 240 g/mol. The van der Waals surface area contributed by atoms with E-state index in [1.165, 1.54) is 0 Å². The molecule has 19 heavy (non-hydrogen) atoms. The van der Waals surface area contributed by atoms with Crippen LogP contribution >= 0.6 is 0 Å². The number of hydrogen-bond acceptors (Lipinski definition) is 4. The molecule has 1 saturated heterocycles. The van der Waals surface area contributed by atoms with Gasteiger partial charge >= 0.3 is 0 Å². The van der Waals surface area contributed by atoms with E-state index >= 15 is 0 Å². The quantitative estimate of drug-likeness (QED) is 0.842. The molecule has 0 aliphatic carbocycles. The molecule has 2 aromatic heterocycles. The van der Waals surface area contributed by atoms with Crippen LogP contribution in [-0.4, -0.2) is 26.8 Å². The minimum absolute atomic E-state index is 0.0306. The van der Waals surface area contributed by atoms with Crippen molar-refractivity contribution in [3.63, 3.8) is 0 Å². The van der Waals surface area contributed by atoms with Gasteiger partial charge in [-0.1, -0.05) is 0 Å². The van der Waals surface area contributed by atoms with Gasteiger partial charge in [0.25, 0.3) is 5.56 Å². The Morgan fingerprint density at radius 1 is 1.32 bits per heavy atom. The van der Waals surface area contributed by atoms with E-state index in [-0.39, 0.29) is 11.6 Å². The van der Waals surface area contributed by atoms with E-state index in [1.54, 1.807) is 23.1 Å². The fourth-order valence-electron chi connectivity index (χ4n) is 2.99. The highest BCUT2D eigenvalue weighted by atomic mass is 16.1. The number of nitrogens with zero attached hydrogens (tertiary/aromatic N) is 3. The standard InChI is InChI=1S/C14H18N4O/c1-9-6-11(7-10(2)17-9)18-14(19)12-4-3-5-15-13(12)8-16-18/h3-5,8-11,17H,6-7H2,1-2H3/t9-,10+,11?. The van der Waals surface area contributed by atoms with Crippen molar-refractivity contribution in [3.8, 4) is 0 Å². The molecule has 100 valence electrons. The van der Waals surface area contributed by atoms with Gasteiger partial charge in [0, 0.05) is 18.3 Å². The first kappa shape index (κ1) is 12.3. The van der Waals surface area contributed by atoms with Crippen LogP contribution in [0.5, 0.6) is 0 Å². The smallest absolute Gasteiger partial charge is 0.276 e. The molecule has 1 aliphatic heterocycles. The van der Waals surface area contributed by atoms with Crippen molar-refractivity contribution < 1.29 is 0 Å². The second kappa shape index (κ2) is 4.74. The molecule has 5 nitrogen and oxygen atoms in total. The minimum atomic E-state index is -0.0306. The summed E-state index contributed by atoms with van der Waals surface area (Å²) in [7, 11) is 0. The van der Waals surface area contributed by atoms with Gasteiger partial charge in [-0.15, -0.1) is 0 Å². The number of pyridine rings is 1. The van der Waals surface area contributed by atoms with Crippen LogP contribution in [0.15, 0.2) is 29.3 Å². The van der Waals surface area contributed by atoms with E-state index in [0.717, 1.165) is 12.8 Å². The van der Waals surface area contributed by atoms with Gasteiger partial charge in [0.2, 0.25) is 0 Å². The largest absolute Gasteiger partial charge is 0.312 e. The van der Waals surface area contributed by atoms with Crippen molar-refractivity contribution in [2.75, 3.05) is 0 Å². The van der Waals surface area contributed by atoms with Gasteiger partial charge in [-0.05, 0) is 38.8 Å². The third-order valence-electron chi connectivity index (χ3n) is 3.75. The Kier molecular flexibility index (Phi) is 3.06. The van der Waals surface area contributed by atoms with Crippen LogP contribution in [0, 0.1) is 0 Å². The van der Waals surface area contributed by atoms with Crippen LogP contribution in [0.2, 0.25) is 0 Å². The number of nitrogens with one attached hydrogen (secondary N) is 1. The molecule has 1 aliphatic rings. The van der Waals surface area contributed by atoms with Gasteiger partial charge in [0.15, 0.2) is 0 Å². The monoisotopic (exact) mass is 258 g/mol. The second-order valence-corrected chi connectivity index (χ2v) is 5.42. The highest BCUT2D eigenvalue weighted by Gasteiger charge is 2.26. The Morgan fingerprint density at radius 3 is 2.79 bits per heavy atom. The van der Waals surface area contributed by atoms with Crippen LogP contribution in [0.1, 0.15) is 32.7 Å². The average Bonchev–Trinajstić information content (AvgIpc) is 2.38. The molecule has 0 amide bonds. The molecule has 0 radical (unpaired) electrons. The van der Waals surface area contributed by atoms with Crippen LogP contribution in [0.3, 0.4) is 0 Å². The maximum Gasteiger partial charge on any atom is 0.276 e. The van der Waals surface area contributed by atoms with Gasteiger partial charge < -0.3 is 5.32 Å². The summed E-state index contributed by atoms with van der Waals surface area (Å²) in [4.78, 5) is 16.7. The molecule has 3 heterocycles. The normalized spacial score (nSPS) is 27.6. The number of fused-ring (bicyclic) bond motifs is 1. The van der Waals surface area contributed by atoms with Gasteiger partial charge in [0.05, 0.1) is 23.1 Å². The van der Waals surface area contributed by atoms with Gasteiger partial charge in [-0.3, -0.25) is 9.78 Å². The van der Waals surface area contributed by atoms with Crippen LogP contribution in [-0.2, 0) is 0 Å². The van der Waals surface area contributed by atoms with Crippen molar-refractivity contribution in [2.24, 2.45) is 0 Å². The first-order valence-corrected chi connectivity index (χ1v) is 6.73. The Balaban J connectivity index is 2.05. The molecule has 0 spiro atoms. The molecule has 2 aromatic rings. The van der Waals surface area contributed by atoms with E-state index in [4.69, 9.17) is 0 Å². The molecule has 1 fully saturated rings. The molecule has 1 N–H and O–H groups in total. The van der Waals surface area contributed by atoms with Crippen LogP contribution in [0.4, 0.5) is 0 Å². The van der Waals surface area contributed by atoms with E-state index in [1.807, 2.05) is 6.07 Å². The molecule has 3 rings (SSSR count). The predicted octanol–water partition coefficient (Wildman–Crippen LogP) is 1.49. The minimum Gasteiger partial charge on any atom is -0.312 e. The third kappa shape index (κ3) is 2.26. The zero-order chi connectivity index (χ0) is 13.4. The number of rotatable bonds is 1. The van der Waals surface area contributed by atoms with Crippen molar-refractivity contribution in [1.82, 2.24) is 20.1 Å². The lowest BCUT2D eigenvalue weighted by atomic mass is 9.95. The Bertz CT molecular complexity index is 641. The Morgan fingerprint density at radius 2 is 2.05 bits per heavy atom. The van der Waals surface area contributed by atoms with Gasteiger partial charge in [-0.25, -0.2) is 4.68 Å². The summed E-state index contributed by atoms with van der Waals surface area (Å²) < 4.78 is 1.64. The molecule has 0 bridgehead atoms. The predicted molar refractivity (Wildman–Crippen MR) is 74.1 cm³/mol. The van der Waals surface area contributed by atoms with E-state index < -0.39 is 0 Å². The summed E-state index contributed by atoms with van der Waals surface area (Å²) in [5.41, 5.74) is 0.635. The SMILES string of the molecule is C[C@@H]1CC(n2ncc3ncccc3c2=O)C[C@H](C)N1. The van der Waals surface area contributed by atoms with Crippen molar-refractivity contribution in [2.45, 2.75) is 44.8 Å². The second-order valence-electron chi connectivity index (χ2n) is 5.42. The van der Waals surface area contributed by atoms with Crippen LogP contribution < -0.4 is 10.9 Å². The summed E-state index contributed by atoms with van der Waals surface area (Å²) in [5.74, 6) is 0. The Hall–Kier alpha value is -1.75. The first-order valence-electron chi connectivity index (χ1n) is 6.73. The fourth-order valence-corrected chi connectivity index (χ4v) is 2.99. The maximum atomic E-state index is 12.5. The van der Waals surface area contributed by atoms with Gasteiger partial charge in [0.1, 0.15) is 0 Å². The summed E-state index contributed by atoms with van der Waals surface area (Å²) in [6, 6.07) is 4.60. The van der Waals surface area contributed by atoms with Gasteiger partial charge in [-0.2, -0.15) is 5.10 Å². The number of hydrogen-bond donors (Lipinski definition) is 1. The molecule has 5 heteroatoms. The molecule has 1 unspecified atom stereocenters. The lowest BCUT2D eigenvalue weighted by Crippen LogP contribution is -2.45. The van der Waals surface area contributed by atoms with Crippen molar-refractivity contribution >= 4 is 10.9 Å². The molecule has 3 atom stereocenters. The molecule has 0 aromatic carbocycles. The summed E-state index contributed by atoms with van der Waals surface area (Å²) in [6.45, 7) is 4.30. The maximum absolute atomic E-state index is 12.5. The summed E-state index contributed by atoms with van der Waals surface area (Å²) in [6.07, 6.45) is 5.24. The highest BCUT2D eigenvalue weighted by molar-refractivity contribution is 5.75. The van der Waals surface area contributed by atoms with Crippen molar-refractivity contribution in [3.05, 3.63) is 34.9 Å². The first-order chi connectivity index (χ1) is 9.15. The van der Waals surface area contributed by atoms with E-state index in [2.05, 4.69) is 29.2 Å². The van der Waals surface area contributed by atoms with Crippen molar-refractivity contribution in [1.29, 1.82) is 0 Å². The van der Waals surface area contributed by atoms with E-state index in [0.29, 0.717) is 23.0 Å². The number of piperidine rings is 1. The highest BCUT2D eigenvalue weighted by Crippen LogP contribution is 2.23.